The van der Waals surface area contributed by atoms with Gasteiger partial charge in [-0.05, 0) is 69.7 Å². The molecule has 1 aliphatic heterocycles. The molecular weight excluding hydrogens is 354 g/mol. The van der Waals surface area contributed by atoms with Gasteiger partial charge >= 0.3 is 0 Å². The number of allylic oxidation sites excluding steroid dienone is 1. The highest BCUT2D eigenvalue weighted by atomic mass is 35.5. The molecule has 0 saturated heterocycles. The highest BCUT2D eigenvalue weighted by Gasteiger charge is 2.30. The molecule has 0 atom stereocenters. The third-order valence-electron chi connectivity index (χ3n) is 5.13. The van der Waals surface area contributed by atoms with Crippen LogP contribution in [0.2, 0.25) is 5.02 Å². The van der Waals surface area contributed by atoms with Crippen molar-refractivity contribution < 1.29 is 0 Å². The normalized spacial score (nSPS) is 15.7. The standard InChI is InChI=1S/C23H28ClN3/c1-7-27-22-13-21(24)17(12-20(22)16(2)14-23(27,3)4)15-25-18-8-10-19(11-9-18)26(5)6/h8-15H,7H2,1-6H3. The fraction of sp³-hybridized carbons (Fsp3) is 0.348. The van der Waals surface area contributed by atoms with Crippen LogP contribution in [0.1, 0.15) is 38.8 Å². The fourth-order valence-electron chi connectivity index (χ4n) is 3.77. The summed E-state index contributed by atoms with van der Waals surface area (Å²) in [6.45, 7) is 9.77. The van der Waals surface area contributed by atoms with Gasteiger partial charge in [-0.15, -0.1) is 0 Å². The smallest absolute Gasteiger partial charge is 0.0631 e. The molecule has 0 unspecified atom stereocenters. The van der Waals surface area contributed by atoms with E-state index in [0.29, 0.717) is 0 Å². The van der Waals surface area contributed by atoms with E-state index in [1.165, 1.54) is 16.8 Å². The molecule has 0 radical (unpaired) electrons. The second-order valence-corrected chi connectivity index (χ2v) is 8.19. The van der Waals surface area contributed by atoms with Crippen molar-refractivity contribution in [1.29, 1.82) is 0 Å². The minimum atomic E-state index is -0.0149. The molecule has 0 fully saturated rings. The van der Waals surface area contributed by atoms with Gasteiger partial charge in [0.05, 0.1) is 16.2 Å². The summed E-state index contributed by atoms with van der Waals surface area (Å²) in [4.78, 5) is 9.08. The van der Waals surface area contributed by atoms with Gasteiger partial charge in [-0.1, -0.05) is 17.7 Å². The minimum absolute atomic E-state index is 0.0149. The van der Waals surface area contributed by atoms with Crippen LogP contribution < -0.4 is 9.80 Å². The predicted octanol–water partition coefficient (Wildman–Crippen LogP) is 6.18. The van der Waals surface area contributed by atoms with Crippen LogP contribution in [0.4, 0.5) is 17.1 Å². The summed E-state index contributed by atoms with van der Waals surface area (Å²) in [5, 5.41) is 0.728. The average Bonchev–Trinajstić information content (AvgIpc) is 2.60. The Morgan fingerprint density at radius 1 is 1.15 bits per heavy atom. The third-order valence-corrected chi connectivity index (χ3v) is 5.46. The van der Waals surface area contributed by atoms with Crippen molar-refractivity contribution in [2.45, 2.75) is 33.2 Å². The highest BCUT2D eigenvalue weighted by molar-refractivity contribution is 6.33. The second kappa shape index (κ2) is 7.40. The van der Waals surface area contributed by atoms with Gasteiger partial charge in [0.1, 0.15) is 0 Å². The SMILES string of the molecule is CCN1c2cc(Cl)c(C=Nc3ccc(N(C)C)cc3)cc2C(C)=CC1(C)C. The molecule has 0 N–H and O–H groups in total. The van der Waals surface area contributed by atoms with Crippen LogP contribution in [-0.2, 0) is 0 Å². The zero-order chi connectivity index (χ0) is 19.8. The molecule has 0 aliphatic carbocycles. The number of hydrogen-bond donors (Lipinski definition) is 0. The van der Waals surface area contributed by atoms with E-state index in [4.69, 9.17) is 11.6 Å². The summed E-state index contributed by atoms with van der Waals surface area (Å²) < 4.78 is 0. The number of likely N-dealkylation sites (N-methyl/N-ethyl adjacent to an activating group) is 1. The molecule has 0 saturated carbocycles. The number of hydrogen-bond acceptors (Lipinski definition) is 3. The number of anilines is 2. The van der Waals surface area contributed by atoms with Crippen LogP contribution in [0.3, 0.4) is 0 Å². The Morgan fingerprint density at radius 2 is 1.81 bits per heavy atom. The van der Waals surface area contributed by atoms with E-state index in [1.807, 2.05) is 32.4 Å². The van der Waals surface area contributed by atoms with Crippen molar-refractivity contribution in [3.8, 4) is 0 Å². The summed E-state index contributed by atoms with van der Waals surface area (Å²) >= 11 is 6.61. The maximum Gasteiger partial charge on any atom is 0.0631 e. The van der Waals surface area contributed by atoms with E-state index in [1.54, 1.807) is 0 Å². The van der Waals surface area contributed by atoms with E-state index in [9.17, 15) is 0 Å². The number of benzene rings is 2. The molecular formula is C23H28ClN3. The molecule has 2 aromatic rings. The summed E-state index contributed by atoms with van der Waals surface area (Å²) in [5.41, 5.74) is 6.70. The Morgan fingerprint density at radius 3 is 2.41 bits per heavy atom. The van der Waals surface area contributed by atoms with Crippen molar-refractivity contribution in [3.63, 3.8) is 0 Å². The largest absolute Gasteiger partial charge is 0.378 e. The van der Waals surface area contributed by atoms with Crippen molar-refractivity contribution in [2.24, 2.45) is 4.99 Å². The molecule has 0 aromatic heterocycles. The summed E-state index contributed by atoms with van der Waals surface area (Å²) in [7, 11) is 4.06. The molecule has 4 heteroatoms. The topological polar surface area (TPSA) is 18.8 Å². The predicted molar refractivity (Wildman–Crippen MR) is 120 cm³/mol. The Kier molecular flexibility index (Phi) is 5.34. The Balaban J connectivity index is 1.96. The van der Waals surface area contributed by atoms with E-state index in [0.717, 1.165) is 28.5 Å². The van der Waals surface area contributed by atoms with Crippen molar-refractivity contribution >= 4 is 40.5 Å². The van der Waals surface area contributed by atoms with Crippen molar-refractivity contribution in [2.75, 3.05) is 30.4 Å². The second-order valence-electron chi connectivity index (χ2n) is 7.79. The van der Waals surface area contributed by atoms with Gasteiger partial charge in [0, 0.05) is 49.4 Å². The molecule has 2 aromatic carbocycles. The van der Waals surface area contributed by atoms with Crippen LogP contribution in [0.15, 0.2) is 47.5 Å². The average molecular weight is 382 g/mol. The number of nitrogens with zero attached hydrogens (tertiary/aromatic N) is 3. The molecule has 0 bridgehead atoms. The first-order valence-corrected chi connectivity index (χ1v) is 9.73. The van der Waals surface area contributed by atoms with E-state index < -0.39 is 0 Å². The maximum absolute atomic E-state index is 6.61. The Labute approximate surface area is 168 Å². The zero-order valence-electron chi connectivity index (χ0n) is 17.0. The van der Waals surface area contributed by atoms with Crippen molar-refractivity contribution in [3.05, 3.63) is 58.6 Å². The molecule has 1 heterocycles. The number of fused-ring (bicyclic) bond motifs is 1. The molecule has 3 nitrogen and oxygen atoms in total. The summed E-state index contributed by atoms with van der Waals surface area (Å²) in [6, 6.07) is 12.4. The van der Waals surface area contributed by atoms with Gasteiger partial charge in [0.2, 0.25) is 0 Å². The first-order chi connectivity index (χ1) is 12.7. The summed E-state index contributed by atoms with van der Waals surface area (Å²) in [5.74, 6) is 0. The number of aliphatic imine (C=N–C) groups is 1. The molecule has 1 aliphatic rings. The fourth-order valence-corrected chi connectivity index (χ4v) is 3.98. The van der Waals surface area contributed by atoms with E-state index in [-0.39, 0.29) is 5.54 Å². The lowest BCUT2D eigenvalue weighted by Gasteiger charge is -2.43. The molecule has 27 heavy (non-hydrogen) atoms. The molecule has 0 spiro atoms. The van der Waals surface area contributed by atoms with Gasteiger partial charge in [-0.3, -0.25) is 4.99 Å². The van der Waals surface area contributed by atoms with Crippen LogP contribution in [-0.4, -0.2) is 32.4 Å². The minimum Gasteiger partial charge on any atom is -0.378 e. The Hall–Kier alpha value is -2.26. The van der Waals surface area contributed by atoms with Crippen LogP contribution in [0.25, 0.3) is 5.57 Å². The Bertz CT molecular complexity index is 893. The van der Waals surface area contributed by atoms with Crippen LogP contribution in [0, 0.1) is 0 Å². The van der Waals surface area contributed by atoms with Crippen molar-refractivity contribution in [1.82, 2.24) is 0 Å². The monoisotopic (exact) mass is 381 g/mol. The quantitative estimate of drug-likeness (QED) is 0.589. The maximum atomic E-state index is 6.61. The molecule has 3 rings (SSSR count). The molecule has 142 valence electrons. The first-order valence-electron chi connectivity index (χ1n) is 9.35. The highest BCUT2D eigenvalue weighted by Crippen LogP contribution is 2.41. The lowest BCUT2D eigenvalue weighted by Crippen LogP contribution is -2.44. The van der Waals surface area contributed by atoms with Crippen LogP contribution in [0.5, 0.6) is 0 Å². The lowest BCUT2D eigenvalue weighted by molar-refractivity contribution is 0.566. The van der Waals surface area contributed by atoms with Crippen LogP contribution >= 0.6 is 11.6 Å². The first kappa shape index (κ1) is 19.5. The zero-order valence-corrected chi connectivity index (χ0v) is 17.8. The summed E-state index contributed by atoms with van der Waals surface area (Å²) in [6.07, 6.45) is 4.18. The van der Waals surface area contributed by atoms with Gasteiger partial charge in [-0.25, -0.2) is 0 Å². The van der Waals surface area contributed by atoms with Gasteiger partial charge < -0.3 is 9.80 Å². The third kappa shape index (κ3) is 3.89. The van der Waals surface area contributed by atoms with Gasteiger partial charge in [0.25, 0.3) is 0 Å². The van der Waals surface area contributed by atoms with Gasteiger partial charge in [0.15, 0.2) is 0 Å². The van der Waals surface area contributed by atoms with E-state index in [2.05, 4.69) is 72.8 Å². The molecule has 0 amide bonds. The van der Waals surface area contributed by atoms with Gasteiger partial charge in [-0.2, -0.15) is 0 Å². The number of rotatable bonds is 4. The number of halogens is 1. The van der Waals surface area contributed by atoms with E-state index >= 15 is 0 Å². The lowest BCUT2D eigenvalue weighted by atomic mass is 9.88.